The SMILES string of the molecule is CC(C)(C)c1nc(CNCCCC(=O)O)cs1. The number of aromatic nitrogens is 1. The fourth-order valence-corrected chi connectivity index (χ4v) is 2.22. The molecule has 0 fully saturated rings. The molecule has 4 nitrogen and oxygen atoms in total. The van der Waals surface area contributed by atoms with Crippen molar-refractivity contribution < 1.29 is 9.90 Å². The van der Waals surface area contributed by atoms with Crippen LogP contribution in [0.15, 0.2) is 5.38 Å². The molecule has 1 heterocycles. The molecule has 0 aromatic carbocycles. The van der Waals surface area contributed by atoms with Crippen LogP contribution in [0.3, 0.4) is 0 Å². The van der Waals surface area contributed by atoms with E-state index < -0.39 is 5.97 Å². The van der Waals surface area contributed by atoms with Crippen LogP contribution in [0.5, 0.6) is 0 Å². The molecule has 0 aliphatic heterocycles. The van der Waals surface area contributed by atoms with Gasteiger partial charge in [0.1, 0.15) is 0 Å². The van der Waals surface area contributed by atoms with Gasteiger partial charge < -0.3 is 10.4 Å². The molecule has 0 bridgehead atoms. The fourth-order valence-electron chi connectivity index (χ4n) is 1.31. The van der Waals surface area contributed by atoms with E-state index >= 15 is 0 Å². The van der Waals surface area contributed by atoms with Gasteiger partial charge in [-0.1, -0.05) is 20.8 Å². The maximum absolute atomic E-state index is 10.3. The lowest BCUT2D eigenvalue weighted by atomic mass is 9.98. The lowest BCUT2D eigenvalue weighted by molar-refractivity contribution is -0.137. The zero-order chi connectivity index (χ0) is 12.9. The summed E-state index contributed by atoms with van der Waals surface area (Å²) in [6, 6.07) is 0. The van der Waals surface area contributed by atoms with E-state index in [-0.39, 0.29) is 11.8 Å². The number of aliphatic carboxylic acids is 1. The zero-order valence-corrected chi connectivity index (χ0v) is 11.4. The van der Waals surface area contributed by atoms with Gasteiger partial charge in [0.2, 0.25) is 0 Å². The van der Waals surface area contributed by atoms with Crippen molar-refractivity contribution in [2.24, 2.45) is 0 Å². The summed E-state index contributed by atoms with van der Waals surface area (Å²) in [6.45, 7) is 7.88. The number of nitrogens with one attached hydrogen (secondary N) is 1. The number of carbonyl (C=O) groups is 1. The maximum Gasteiger partial charge on any atom is 0.303 e. The first-order valence-corrected chi connectivity index (χ1v) is 6.65. The molecule has 1 aromatic rings. The number of nitrogens with zero attached hydrogens (tertiary/aromatic N) is 1. The summed E-state index contributed by atoms with van der Waals surface area (Å²) in [5.74, 6) is -0.740. The molecular weight excluding hydrogens is 236 g/mol. The Hall–Kier alpha value is -0.940. The third-order valence-corrected chi connectivity index (χ3v) is 3.56. The number of carboxylic acids is 1. The molecule has 0 unspecified atom stereocenters. The Balaban J connectivity index is 2.28. The van der Waals surface area contributed by atoms with E-state index in [1.165, 1.54) is 0 Å². The van der Waals surface area contributed by atoms with Gasteiger partial charge in [-0.15, -0.1) is 11.3 Å². The van der Waals surface area contributed by atoms with Gasteiger partial charge in [0.15, 0.2) is 0 Å². The molecule has 0 aliphatic rings. The van der Waals surface area contributed by atoms with Gasteiger partial charge in [0, 0.05) is 23.8 Å². The van der Waals surface area contributed by atoms with E-state index in [2.05, 4.69) is 36.5 Å². The lowest BCUT2D eigenvalue weighted by Gasteiger charge is -2.13. The summed E-state index contributed by atoms with van der Waals surface area (Å²) in [6.07, 6.45) is 0.878. The van der Waals surface area contributed by atoms with Crippen molar-refractivity contribution in [3.8, 4) is 0 Å². The highest BCUT2D eigenvalue weighted by Gasteiger charge is 2.17. The lowest BCUT2D eigenvalue weighted by Crippen LogP contribution is -2.16. The average Bonchev–Trinajstić information content (AvgIpc) is 2.64. The first-order valence-electron chi connectivity index (χ1n) is 5.77. The average molecular weight is 256 g/mol. The molecule has 17 heavy (non-hydrogen) atoms. The van der Waals surface area contributed by atoms with Crippen molar-refractivity contribution in [3.63, 3.8) is 0 Å². The van der Waals surface area contributed by atoms with Crippen LogP contribution < -0.4 is 5.32 Å². The Morgan fingerprint density at radius 2 is 2.24 bits per heavy atom. The van der Waals surface area contributed by atoms with Gasteiger partial charge in [0.05, 0.1) is 10.7 Å². The van der Waals surface area contributed by atoms with Crippen molar-refractivity contribution in [2.45, 2.75) is 45.6 Å². The normalized spacial score (nSPS) is 11.7. The predicted molar refractivity (Wildman–Crippen MR) is 69.4 cm³/mol. The van der Waals surface area contributed by atoms with Gasteiger partial charge in [0.25, 0.3) is 0 Å². The third-order valence-electron chi connectivity index (χ3n) is 2.24. The summed E-state index contributed by atoms with van der Waals surface area (Å²) in [5.41, 5.74) is 1.14. The van der Waals surface area contributed by atoms with Crippen LogP contribution >= 0.6 is 11.3 Å². The Kier molecular flexibility index (Phi) is 5.08. The Bertz CT molecular complexity index is 369. The minimum atomic E-state index is -0.740. The topological polar surface area (TPSA) is 62.2 Å². The number of carboxylic acid groups (broad SMARTS) is 1. The summed E-state index contributed by atoms with van der Waals surface area (Å²) in [7, 11) is 0. The van der Waals surface area contributed by atoms with Crippen LogP contribution in [-0.2, 0) is 16.8 Å². The number of hydrogen-bond acceptors (Lipinski definition) is 4. The Morgan fingerprint density at radius 1 is 1.53 bits per heavy atom. The zero-order valence-electron chi connectivity index (χ0n) is 10.6. The number of thiazole rings is 1. The standard InChI is InChI=1S/C12H20N2O2S/c1-12(2,3)11-14-9(8-17-11)7-13-6-4-5-10(15)16/h8,13H,4-7H2,1-3H3,(H,15,16). The molecule has 96 valence electrons. The number of hydrogen-bond donors (Lipinski definition) is 2. The summed E-state index contributed by atoms with van der Waals surface area (Å²) >= 11 is 1.68. The van der Waals surface area contributed by atoms with Crippen molar-refractivity contribution >= 4 is 17.3 Å². The number of rotatable bonds is 6. The van der Waals surface area contributed by atoms with Gasteiger partial charge in [-0.3, -0.25) is 4.79 Å². The van der Waals surface area contributed by atoms with E-state index in [1.54, 1.807) is 11.3 Å². The van der Waals surface area contributed by atoms with Crippen molar-refractivity contribution in [1.82, 2.24) is 10.3 Å². The summed E-state index contributed by atoms with van der Waals surface area (Å²) < 4.78 is 0. The molecule has 0 atom stereocenters. The third kappa shape index (κ3) is 5.28. The molecule has 5 heteroatoms. The van der Waals surface area contributed by atoms with E-state index in [4.69, 9.17) is 5.11 Å². The van der Waals surface area contributed by atoms with Gasteiger partial charge in [-0.2, -0.15) is 0 Å². The second-order valence-corrected chi connectivity index (χ2v) is 5.93. The van der Waals surface area contributed by atoms with E-state index in [0.29, 0.717) is 19.5 Å². The molecule has 0 saturated carbocycles. The van der Waals surface area contributed by atoms with Crippen molar-refractivity contribution in [1.29, 1.82) is 0 Å². The van der Waals surface area contributed by atoms with E-state index in [9.17, 15) is 4.79 Å². The molecule has 0 amide bonds. The van der Waals surface area contributed by atoms with Crippen LogP contribution in [0.25, 0.3) is 0 Å². The maximum atomic E-state index is 10.3. The second kappa shape index (κ2) is 6.12. The minimum absolute atomic E-state index is 0.103. The molecule has 0 radical (unpaired) electrons. The van der Waals surface area contributed by atoms with Crippen molar-refractivity contribution in [2.75, 3.05) is 6.54 Å². The first-order chi connectivity index (χ1) is 7.89. The minimum Gasteiger partial charge on any atom is -0.481 e. The largest absolute Gasteiger partial charge is 0.481 e. The molecule has 0 spiro atoms. The highest BCUT2D eigenvalue weighted by Crippen LogP contribution is 2.25. The smallest absolute Gasteiger partial charge is 0.303 e. The van der Waals surface area contributed by atoms with Gasteiger partial charge >= 0.3 is 5.97 Å². The molecule has 1 aromatic heterocycles. The molecular formula is C12H20N2O2S. The van der Waals surface area contributed by atoms with Crippen LogP contribution in [0.4, 0.5) is 0 Å². The first kappa shape index (κ1) is 14.1. The van der Waals surface area contributed by atoms with Crippen molar-refractivity contribution in [3.05, 3.63) is 16.1 Å². The highest BCUT2D eigenvalue weighted by molar-refractivity contribution is 7.09. The summed E-state index contributed by atoms with van der Waals surface area (Å²) in [5, 5.41) is 14.9. The van der Waals surface area contributed by atoms with Crippen LogP contribution in [0, 0.1) is 0 Å². The van der Waals surface area contributed by atoms with Crippen LogP contribution in [0.2, 0.25) is 0 Å². The Labute approximate surface area is 106 Å². The quantitative estimate of drug-likeness (QED) is 0.767. The van der Waals surface area contributed by atoms with Gasteiger partial charge in [-0.25, -0.2) is 4.98 Å². The van der Waals surface area contributed by atoms with E-state index in [1.807, 2.05) is 0 Å². The van der Waals surface area contributed by atoms with Gasteiger partial charge in [-0.05, 0) is 13.0 Å². The van der Waals surface area contributed by atoms with Crippen LogP contribution in [-0.4, -0.2) is 22.6 Å². The fraction of sp³-hybridized carbons (Fsp3) is 0.667. The molecule has 1 rings (SSSR count). The predicted octanol–water partition coefficient (Wildman–Crippen LogP) is 2.39. The molecule has 2 N–H and O–H groups in total. The van der Waals surface area contributed by atoms with Crippen LogP contribution in [0.1, 0.15) is 44.3 Å². The van der Waals surface area contributed by atoms with E-state index in [0.717, 1.165) is 10.7 Å². The second-order valence-electron chi connectivity index (χ2n) is 5.07. The molecule has 0 saturated heterocycles. The summed E-state index contributed by atoms with van der Waals surface area (Å²) in [4.78, 5) is 14.9. The highest BCUT2D eigenvalue weighted by atomic mass is 32.1. The molecule has 0 aliphatic carbocycles. The Morgan fingerprint density at radius 3 is 2.76 bits per heavy atom. The monoisotopic (exact) mass is 256 g/mol.